The second kappa shape index (κ2) is 6.88. The predicted octanol–water partition coefficient (Wildman–Crippen LogP) is 3.69. The van der Waals surface area contributed by atoms with Crippen LogP contribution in [0.3, 0.4) is 0 Å². The van der Waals surface area contributed by atoms with Gasteiger partial charge in [0.1, 0.15) is 0 Å². The maximum atomic E-state index is 5.23. The Balaban J connectivity index is 2.03. The summed E-state index contributed by atoms with van der Waals surface area (Å²) in [4.78, 5) is 4.37. The van der Waals surface area contributed by atoms with Gasteiger partial charge in [-0.15, -0.1) is 0 Å². The second-order valence-electron chi connectivity index (χ2n) is 6.65. The fraction of sp³-hybridized carbons (Fsp3) is 0.444. The molecule has 0 saturated carbocycles. The van der Waals surface area contributed by atoms with E-state index in [-0.39, 0.29) is 5.41 Å². The summed E-state index contributed by atoms with van der Waals surface area (Å²) in [5.74, 6) is 1.27. The molecule has 0 spiro atoms. The van der Waals surface area contributed by atoms with E-state index in [1.54, 1.807) is 0 Å². The van der Waals surface area contributed by atoms with E-state index in [1.807, 2.05) is 19.2 Å². The third-order valence-corrected chi connectivity index (χ3v) is 3.66. The summed E-state index contributed by atoms with van der Waals surface area (Å²) in [7, 11) is 1.92. The van der Waals surface area contributed by atoms with Crippen molar-refractivity contribution < 1.29 is 4.52 Å². The predicted molar refractivity (Wildman–Crippen MR) is 90.6 cm³/mol. The smallest absolute Gasteiger partial charge is 0.250 e. The van der Waals surface area contributed by atoms with Crippen molar-refractivity contribution in [2.75, 3.05) is 7.05 Å². The normalized spacial score (nSPS) is 13.7. The molecule has 2 rings (SSSR count). The van der Waals surface area contributed by atoms with E-state index in [0.717, 1.165) is 17.8 Å². The van der Waals surface area contributed by atoms with E-state index in [0.29, 0.717) is 11.9 Å². The highest BCUT2D eigenvalue weighted by Gasteiger charge is 2.12. The van der Waals surface area contributed by atoms with Crippen LogP contribution in [0.5, 0.6) is 0 Å². The molecule has 0 saturated heterocycles. The summed E-state index contributed by atoms with van der Waals surface area (Å²) in [6.07, 6.45) is 4.60. The zero-order valence-corrected chi connectivity index (χ0v) is 14.1. The lowest BCUT2D eigenvalue weighted by molar-refractivity contribution is 0.400. The average Bonchev–Trinajstić information content (AvgIpc) is 2.92. The van der Waals surface area contributed by atoms with Crippen molar-refractivity contribution in [1.82, 2.24) is 15.5 Å². The average molecular weight is 299 g/mol. The molecule has 1 heterocycles. The maximum absolute atomic E-state index is 5.23. The number of likely N-dealkylation sites (N-methyl/N-ethyl adjacent to an activating group) is 1. The first-order valence-electron chi connectivity index (χ1n) is 7.67. The maximum Gasteiger partial charge on any atom is 0.250 e. The first-order chi connectivity index (χ1) is 10.4. The number of nitrogens with one attached hydrogen (secondary N) is 1. The highest BCUT2D eigenvalue weighted by atomic mass is 16.5. The summed E-state index contributed by atoms with van der Waals surface area (Å²) >= 11 is 0. The number of hydrogen-bond acceptors (Lipinski definition) is 4. The standard InChI is InChI=1S/C18H25N3O/c1-13(19-5)12-16-20-17(22-21-16)11-8-14-6-9-15(10-7-14)18(2,3)4/h6-11,13,19H,12H2,1-5H3/b11-8+. The van der Waals surface area contributed by atoms with E-state index < -0.39 is 0 Å². The molecule has 4 heteroatoms. The van der Waals surface area contributed by atoms with Gasteiger partial charge in [0.2, 0.25) is 0 Å². The molecule has 1 aromatic heterocycles. The van der Waals surface area contributed by atoms with Gasteiger partial charge in [0.05, 0.1) is 0 Å². The van der Waals surface area contributed by atoms with Gasteiger partial charge in [-0.25, -0.2) is 0 Å². The molecule has 1 atom stereocenters. The van der Waals surface area contributed by atoms with Crippen LogP contribution in [0.25, 0.3) is 12.2 Å². The Morgan fingerprint density at radius 2 is 1.86 bits per heavy atom. The number of aromatic nitrogens is 2. The molecule has 0 aliphatic heterocycles. The van der Waals surface area contributed by atoms with Gasteiger partial charge in [0.25, 0.3) is 5.89 Å². The van der Waals surface area contributed by atoms with Gasteiger partial charge in [-0.3, -0.25) is 0 Å². The molecule has 0 amide bonds. The van der Waals surface area contributed by atoms with Crippen LogP contribution >= 0.6 is 0 Å². The fourth-order valence-electron chi connectivity index (χ4n) is 2.06. The van der Waals surface area contributed by atoms with Crippen molar-refractivity contribution in [1.29, 1.82) is 0 Å². The highest BCUT2D eigenvalue weighted by Crippen LogP contribution is 2.22. The zero-order chi connectivity index (χ0) is 16.2. The molecule has 0 fully saturated rings. The quantitative estimate of drug-likeness (QED) is 0.915. The SMILES string of the molecule is CNC(C)Cc1noc(/C=C/c2ccc(C(C)(C)C)cc2)n1. The molecule has 0 bridgehead atoms. The van der Waals surface area contributed by atoms with Crippen molar-refractivity contribution in [3.8, 4) is 0 Å². The number of nitrogens with zero attached hydrogens (tertiary/aromatic N) is 2. The molecule has 118 valence electrons. The van der Waals surface area contributed by atoms with Crippen LogP contribution in [0, 0.1) is 0 Å². The summed E-state index contributed by atoms with van der Waals surface area (Å²) < 4.78 is 5.23. The number of rotatable bonds is 5. The molecule has 4 nitrogen and oxygen atoms in total. The lowest BCUT2D eigenvalue weighted by Gasteiger charge is -2.18. The van der Waals surface area contributed by atoms with Gasteiger partial charge >= 0.3 is 0 Å². The van der Waals surface area contributed by atoms with Crippen LogP contribution in [0.1, 0.15) is 50.5 Å². The molecule has 0 aliphatic carbocycles. The Bertz CT molecular complexity index is 621. The molecule has 0 radical (unpaired) electrons. The van der Waals surface area contributed by atoms with E-state index >= 15 is 0 Å². The van der Waals surface area contributed by atoms with Crippen molar-refractivity contribution in [3.05, 3.63) is 47.1 Å². The topological polar surface area (TPSA) is 51.0 Å². The third-order valence-electron chi connectivity index (χ3n) is 3.66. The lowest BCUT2D eigenvalue weighted by atomic mass is 9.87. The molecule has 1 N–H and O–H groups in total. The summed E-state index contributed by atoms with van der Waals surface area (Å²) in [5, 5.41) is 7.14. The van der Waals surface area contributed by atoms with Gasteiger partial charge in [-0.1, -0.05) is 50.2 Å². The van der Waals surface area contributed by atoms with Crippen molar-refractivity contribution >= 4 is 12.2 Å². The Morgan fingerprint density at radius 3 is 2.45 bits per heavy atom. The van der Waals surface area contributed by atoms with Gasteiger partial charge in [0.15, 0.2) is 5.82 Å². The van der Waals surface area contributed by atoms with Crippen LogP contribution in [-0.2, 0) is 11.8 Å². The van der Waals surface area contributed by atoms with Crippen LogP contribution in [0.2, 0.25) is 0 Å². The minimum atomic E-state index is 0.174. The molecule has 0 aliphatic rings. The largest absolute Gasteiger partial charge is 0.335 e. The Labute approximate surface area is 132 Å². The number of benzene rings is 1. The van der Waals surface area contributed by atoms with Crippen LogP contribution in [0.15, 0.2) is 28.8 Å². The minimum absolute atomic E-state index is 0.174. The van der Waals surface area contributed by atoms with Crippen molar-refractivity contribution in [2.24, 2.45) is 0 Å². The van der Waals surface area contributed by atoms with Gasteiger partial charge < -0.3 is 9.84 Å². The van der Waals surface area contributed by atoms with Crippen LogP contribution in [0.4, 0.5) is 0 Å². The van der Waals surface area contributed by atoms with E-state index in [4.69, 9.17) is 4.52 Å². The molecule has 22 heavy (non-hydrogen) atoms. The molecule has 1 unspecified atom stereocenters. The van der Waals surface area contributed by atoms with Crippen molar-refractivity contribution in [3.63, 3.8) is 0 Å². The fourth-order valence-corrected chi connectivity index (χ4v) is 2.06. The number of hydrogen-bond donors (Lipinski definition) is 1. The molecular weight excluding hydrogens is 274 g/mol. The lowest BCUT2D eigenvalue weighted by Crippen LogP contribution is -2.24. The summed E-state index contributed by atoms with van der Waals surface area (Å²) in [6.45, 7) is 8.72. The third kappa shape index (κ3) is 4.53. The molecule has 2 aromatic rings. The van der Waals surface area contributed by atoms with Crippen molar-refractivity contribution in [2.45, 2.75) is 45.6 Å². The molecule has 1 aromatic carbocycles. The zero-order valence-electron chi connectivity index (χ0n) is 14.1. The second-order valence-corrected chi connectivity index (χ2v) is 6.65. The van der Waals surface area contributed by atoms with E-state index in [2.05, 4.69) is 67.4 Å². The monoisotopic (exact) mass is 299 g/mol. The first-order valence-corrected chi connectivity index (χ1v) is 7.67. The van der Waals surface area contributed by atoms with Gasteiger partial charge in [-0.2, -0.15) is 4.98 Å². The Morgan fingerprint density at radius 1 is 1.18 bits per heavy atom. The molecular formula is C18H25N3O. The summed E-state index contributed by atoms with van der Waals surface area (Å²) in [6, 6.07) is 8.87. The first kappa shape index (κ1) is 16.4. The van der Waals surface area contributed by atoms with Gasteiger partial charge in [-0.05, 0) is 36.6 Å². The van der Waals surface area contributed by atoms with Crippen LogP contribution < -0.4 is 5.32 Å². The van der Waals surface area contributed by atoms with Crippen LogP contribution in [-0.4, -0.2) is 23.2 Å². The van der Waals surface area contributed by atoms with E-state index in [9.17, 15) is 0 Å². The highest BCUT2D eigenvalue weighted by molar-refractivity contribution is 5.66. The van der Waals surface area contributed by atoms with Gasteiger partial charge in [0, 0.05) is 18.5 Å². The minimum Gasteiger partial charge on any atom is -0.335 e. The summed E-state index contributed by atoms with van der Waals surface area (Å²) in [5.41, 5.74) is 2.62. The van der Waals surface area contributed by atoms with E-state index in [1.165, 1.54) is 5.56 Å². The Kier molecular flexibility index (Phi) is 5.14. The Hall–Kier alpha value is -1.94.